The van der Waals surface area contributed by atoms with Gasteiger partial charge in [-0.3, -0.25) is 0 Å². The van der Waals surface area contributed by atoms with Crippen molar-refractivity contribution in [3.8, 4) is 0 Å². The SMILES string of the molecule is CC(C)(C)c1nc2c(Cl)cc(Br)cc2s1. The van der Waals surface area contributed by atoms with Crippen molar-refractivity contribution in [2.24, 2.45) is 0 Å². The number of hydrogen-bond donors (Lipinski definition) is 0. The molecule has 0 bridgehead atoms. The lowest BCUT2D eigenvalue weighted by Crippen LogP contribution is -2.09. The Labute approximate surface area is 107 Å². The van der Waals surface area contributed by atoms with E-state index in [0.717, 1.165) is 19.7 Å². The van der Waals surface area contributed by atoms with Crippen molar-refractivity contribution in [3.05, 3.63) is 26.6 Å². The maximum atomic E-state index is 6.14. The van der Waals surface area contributed by atoms with Crippen molar-refractivity contribution in [1.82, 2.24) is 4.98 Å². The van der Waals surface area contributed by atoms with Gasteiger partial charge < -0.3 is 0 Å². The average molecular weight is 305 g/mol. The number of hydrogen-bond acceptors (Lipinski definition) is 2. The number of halogens is 2. The van der Waals surface area contributed by atoms with Crippen LogP contribution in [0.25, 0.3) is 10.2 Å². The van der Waals surface area contributed by atoms with Gasteiger partial charge in [-0.2, -0.15) is 0 Å². The van der Waals surface area contributed by atoms with Gasteiger partial charge in [0.1, 0.15) is 5.52 Å². The summed E-state index contributed by atoms with van der Waals surface area (Å²) in [5, 5.41) is 1.84. The molecule has 0 aliphatic rings. The highest BCUT2D eigenvalue weighted by Crippen LogP contribution is 2.36. The zero-order valence-electron chi connectivity index (χ0n) is 8.77. The minimum Gasteiger partial charge on any atom is -0.239 e. The summed E-state index contributed by atoms with van der Waals surface area (Å²) < 4.78 is 2.14. The van der Waals surface area contributed by atoms with Gasteiger partial charge >= 0.3 is 0 Å². The first-order valence-electron chi connectivity index (χ1n) is 4.64. The van der Waals surface area contributed by atoms with Gasteiger partial charge in [0.15, 0.2) is 0 Å². The third-order valence-electron chi connectivity index (χ3n) is 2.05. The molecule has 0 N–H and O–H groups in total. The fourth-order valence-electron chi connectivity index (χ4n) is 1.28. The Bertz CT molecular complexity index is 513. The molecule has 0 aliphatic heterocycles. The molecule has 0 atom stereocenters. The Balaban J connectivity index is 2.71. The summed E-state index contributed by atoms with van der Waals surface area (Å²) in [6, 6.07) is 3.95. The van der Waals surface area contributed by atoms with E-state index in [1.54, 1.807) is 11.3 Å². The Morgan fingerprint density at radius 2 is 2.00 bits per heavy atom. The number of benzene rings is 1. The summed E-state index contributed by atoms with van der Waals surface area (Å²) in [4.78, 5) is 4.59. The molecule has 4 heteroatoms. The van der Waals surface area contributed by atoms with E-state index < -0.39 is 0 Å². The molecular weight excluding hydrogens is 294 g/mol. The third kappa shape index (κ3) is 2.19. The van der Waals surface area contributed by atoms with Crippen molar-refractivity contribution in [1.29, 1.82) is 0 Å². The highest BCUT2D eigenvalue weighted by Gasteiger charge is 2.19. The van der Waals surface area contributed by atoms with Gasteiger partial charge in [0, 0.05) is 9.89 Å². The fraction of sp³-hybridized carbons (Fsp3) is 0.364. The summed E-state index contributed by atoms with van der Waals surface area (Å²) >= 11 is 11.3. The van der Waals surface area contributed by atoms with Crippen molar-refractivity contribution in [3.63, 3.8) is 0 Å². The molecule has 0 amide bonds. The Hall–Kier alpha value is -0.120. The van der Waals surface area contributed by atoms with Crippen LogP contribution in [0, 0.1) is 0 Å². The summed E-state index contributed by atoms with van der Waals surface area (Å²) in [6.45, 7) is 6.48. The van der Waals surface area contributed by atoms with Crippen LogP contribution in [0.1, 0.15) is 25.8 Å². The smallest absolute Gasteiger partial charge is 0.100 e. The molecule has 1 heterocycles. The highest BCUT2D eigenvalue weighted by molar-refractivity contribution is 9.10. The van der Waals surface area contributed by atoms with Gasteiger partial charge in [-0.05, 0) is 12.1 Å². The lowest BCUT2D eigenvalue weighted by Gasteiger charge is -2.13. The van der Waals surface area contributed by atoms with Gasteiger partial charge in [0.05, 0.1) is 14.7 Å². The molecule has 1 aromatic carbocycles. The van der Waals surface area contributed by atoms with Gasteiger partial charge in [-0.15, -0.1) is 11.3 Å². The average Bonchev–Trinajstić information content (AvgIpc) is 2.46. The zero-order chi connectivity index (χ0) is 11.2. The van der Waals surface area contributed by atoms with Crippen LogP contribution in [-0.4, -0.2) is 4.98 Å². The fourth-order valence-corrected chi connectivity index (χ4v) is 3.43. The van der Waals surface area contributed by atoms with Crippen LogP contribution in [-0.2, 0) is 5.41 Å². The first-order valence-corrected chi connectivity index (χ1v) is 6.63. The number of rotatable bonds is 0. The molecule has 0 spiro atoms. The molecule has 15 heavy (non-hydrogen) atoms. The second kappa shape index (κ2) is 3.72. The first-order chi connectivity index (χ1) is 6.88. The maximum absolute atomic E-state index is 6.14. The zero-order valence-corrected chi connectivity index (χ0v) is 11.9. The number of nitrogens with zero attached hydrogens (tertiary/aromatic N) is 1. The predicted molar refractivity (Wildman–Crippen MR) is 71.0 cm³/mol. The van der Waals surface area contributed by atoms with Gasteiger partial charge in [-0.1, -0.05) is 48.3 Å². The molecule has 1 nitrogen and oxygen atoms in total. The van der Waals surface area contributed by atoms with Crippen molar-refractivity contribution in [2.75, 3.05) is 0 Å². The van der Waals surface area contributed by atoms with E-state index in [-0.39, 0.29) is 5.41 Å². The molecule has 0 saturated heterocycles. The van der Waals surface area contributed by atoms with Crippen LogP contribution in [0.15, 0.2) is 16.6 Å². The quantitative estimate of drug-likeness (QED) is 0.666. The number of fused-ring (bicyclic) bond motifs is 1. The summed E-state index contributed by atoms with van der Waals surface area (Å²) in [5.74, 6) is 0. The van der Waals surface area contributed by atoms with Crippen LogP contribution in [0.3, 0.4) is 0 Å². The topological polar surface area (TPSA) is 12.9 Å². The van der Waals surface area contributed by atoms with E-state index in [1.165, 1.54) is 0 Å². The molecule has 2 aromatic rings. The predicted octanol–water partition coefficient (Wildman–Crippen LogP) is 5.01. The van der Waals surface area contributed by atoms with Crippen LogP contribution >= 0.6 is 38.9 Å². The van der Waals surface area contributed by atoms with Crippen LogP contribution in [0.2, 0.25) is 5.02 Å². The van der Waals surface area contributed by atoms with E-state index in [2.05, 4.69) is 47.8 Å². The normalized spacial score (nSPS) is 12.3. The molecule has 0 aliphatic carbocycles. The summed E-state index contributed by atoms with van der Waals surface area (Å²) in [6.07, 6.45) is 0. The van der Waals surface area contributed by atoms with Crippen molar-refractivity contribution < 1.29 is 0 Å². The molecule has 0 saturated carbocycles. The Kier molecular flexibility index (Phi) is 2.82. The van der Waals surface area contributed by atoms with Gasteiger partial charge in [0.2, 0.25) is 0 Å². The lowest BCUT2D eigenvalue weighted by molar-refractivity contribution is 0.587. The lowest BCUT2D eigenvalue weighted by atomic mass is 9.98. The minimum absolute atomic E-state index is 0.0828. The van der Waals surface area contributed by atoms with Crippen molar-refractivity contribution >= 4 is 49.1 Å². The molecule has 0 fully saturated rings. The molecular formula is C11H11BrClNS. The van der Waals surface area contributed by atoms with Gasteiger partial charge in [-0.25, -0.2) is 4.98 Å². The van der Waals surface area contributed by atoms with E-state index in [1.807, 2.05) is 6.07 Å². The molecule has 80 valence electrons. The van der Waals surface area contributed by atoms with E-state index in [9.17, 15) is 0 Å². The maximum Gasteiger partial charge on any atom is 0.100 e. The summed E-state index contributed by atoms with van der Waals surface area (Å²) in [5.41, 5.74) is 0.995. The van der Waals surface area contributed by atoms with Crippen LogP contribution in [0.4, 0.5) is 0 Å². The molecule has 1 aromatic heterocycles. The second-order valence-electron chi connectivity index (χ2n) is 4.50. The highest BCUT2D eigenvalue weighted by atomic mass is 79.9. The van der Waals surface area contributed by atoms with Crippen LogP contribution in [0.5, 0.6) is 0 Å². The van der Waals surface area contributed by atoms with Gasteiger partial charge in [0.25, 0.3) is 0 Å². The van der Waals surface area contributed by atoms with Crippen LogP contribution < -0.4 is 0 Å². The first kappa shape index (κ1) is 11.4. The minimum atomic E-state index is 0.0828. The summed E-state index contributed by atoms with van der Waals surface area (Å²) in [7, 11) is 0. The molecule has 0 unspecified atom stereocenters. The van der Waals surface area contributed by atoms with E-state index >= 15 is 0 Å². The second-order valence-corrected chi connectivity index (χ2v) is 6.86. The monoisotopic (exact) mass is 303 g/mol. The molecule has 2 rings (SSSR count). The van der Waals surface area contributed by atoms with Crippen molar-refractivity contribution in [2.45, 2.75) is 26.2 Å². The number of aromatic nitrogens is 1. The molecule has 0 radical (unpaired) electrons. The Morgan fingerprint density at radius 3 is 2.60 bits per heavy atom. The van der Waals surface area contributed by atoms with E-state index in [0.29, 0.717) is 5.02 Å². The number of thiazole rings is 1. The third-order valence-corrected chi connectivity index (χ3v) is 4.23. The Morgan fingerprint density at radius 1 is 1.33 bits per heavy atom. The largest absolute Gasteiger partial charge is 0.239 e. The van der Waals surface area contributed by atoms with E-state index in [4.69, 9.17) is 11.6 Å². The standard InChI is InChI=1S/C11H11BrClNS/c1-11(2,3)10-14-9-7(13)4-6(12)5-8(9)15-10/h4-5H,1-3H3.